The Bertz CT molecular complexity index is 1320. The van der Waals surface area contributed by atoms with Gasteiger partial charge < -0.3 is 19.5 Å². The van der Waals surface area contributed by atoms with Crippen molar-refractivity contribution in [1.82, 2.24) is 9.88 Å². The van der Waals surface area contributed by atoms with E-state index in [4.69, 9.17) is 9.47 Å². The van der Waals surface area contributed by atoms with Crippen LogP contribution in [-0.2, 0) is 18.4 Å². The third-order valence-corrected chi connectivity index (χ3v) is 7.33. The zero-order chi connectivity index (χ0) is 27.6. The lowest BCUT2D eigenvalue weighted by Crippen LogP contribution is -2.38. The zero-order valence-corrected chi connectivity index (χ0v) is 22.2. The van der Waals surface area contributed by atoms with Gasteiger partial charge in [-0.15, -0.1) is 0 Å². The highest BCUT2D eigenvalue weighted by atomic mass is 19.4. The third kappa shape index (κ3) is 6.45. The molecule has 3 heterocycles. The molecule has 5 nitrogen and oxygen atoms in total. The van der Waals surface area contributed by atoms with E-state index in [0.717, 1.165) is 84.7 Å². The Morgan fingerprint density at radius 2 is 1.74 bits per heavy atom. The van der Waals surface area contributed by atoms with Crippen molar-refractivity contribution in [2.45, 2.75) is 57.6 Å². The van der Waals surface area contributed by atoms with Crippen molar-refractivity contribution in [2.75, 3.05) is 19.6 Å². The van der Waals surface area contributed by atoms with Crippen LogP contribution in [0.25, 0.3) is 5.57 Å². The van der Waals surface area contributed by atoms with Crippen molar-refractivity contribution >= 4 is 5.57 Å². The Kier molecular flexibility index (Phi) is 7.69. The number of nitrogens with zero attached hydrogens (tertiary/aromatic N) is 2. The van der Waals surface area contributed by atoms with Crippen LogP contribution in [0.5, 0.6) is 11.5 Å². The standard InChI is InChI=1S/C31H33F3N2O3/c1-30(2,37)22-9-12-29-27(19-22)25(26-5-3-15-35-28(26)20-38-29)6-4-16-36-17-13-24(14-18-36)39-23-10-7-21(8-11-23)31(32,33)34/h3,5-12,15,19,24,37H,4,13-14,16-18,20H2,1-2H3. The van der Waals surface area contributed by atoms with E-state index in [1.807, 2.05) is 24.3 Å². The van der Waals surface area contributed by atoms with Crippen LogP contribution in [0.15, 0.2) is 66.9 Å². The highest BCUT2D eigenvalue weighted by molar-refractivity contribution is 5.84. The summed E-state index contributed by atoms with van der Waals surface area (Å²) in [7, 11) is 0. The largest absolute Gasteiger partial charge is 0.490 e. The summed E-state index contributed by atoms with van der Waals surface area (Å²) in [5.41, 5.74) is 3.09. The molecule has 0 saturated carbocycles. The summed E-state index contributed by atoms with van der Waals surface area (Å²) in [4.78, 5) is 6.93. The number of aliphatic hydroxyl groups is 1. The maximum Gasteiger partial charge on any atom is 0.416 e. The van der Waals surface area contributed by atoms with E-state index >= 15 is 0 Å². The highest BCUT2D eigenvalue weighted by Crippen LogP contribution is 2.38. The summed E-state index contributed by atoms with van der Waals surface area (Å²) in [6.07, 6.45) is 2.09. The Hall–Kier alpha value is -3.36. The minimum absolute atomic E-state index is 0.0135. The minimum Gasteiger partial charge on any atom is -0.490 e. The second-order valence-corrected chi connectivity index (χ2v) is 10.6. The Morgan fingerprint density at radius 3 is 2.44 bits per heavy atom. The van der Waals surface area contributed by atoms with Crippen molar-refractivity contribution < 1.29 is 27.8 Å². The van der Waals surface area contributed by atoms with Gasteiger partial charge >= 0.3 is 6.18 Å². The molecule has 0 spiro atoms. The van der Waals surface area contributed by atoms with E-state index in [2.05, 4.69) is 22.0 Å². The summed E-state index contributed by atoms with van der Waals surface area (Å²) in [5, 5.41) is 10.6. The quantitative estimate of drug-likeness (QED) is 0.384. The Morgan fingerprint density at radius 1 is 1.03 bits per heavy atom. The number of hydrogen-bond donors (Lipinski definition) is 1. The SMILES string of the molecule is CC(C)(O)c1ccc2c(c1)C(=CCCN1CCC(Oc3ccc(C(F)(F)F)cc3)CC1)c1cccnc1CO2. The molecular formula is C31H33F3N2O3. The van der Waals surface area contributed by atoms with Crippen molar-refractivity contribution in [1.29, 1.82) is 0 Å². The molecule has 1 fully saturated rings. The van der Waals surface area contributed by atoms with Crippen LogP contribution in [0.3, 0.4) is 0 Å². The lowest BCUT2D eigenvalue weighted by Gasteiger charge is -2.32. The molecule has 1 N–H and O–H groups in total. The first-order valence-electron chi connectivity index (χ1n) is 13.3. The molecule has 0 unspecified atom stereocenters. The summed E-state index contributed by atoms with van der Waals surface area (Å²) < 4.78 is 50.5. The van der Waals surface area contributed by atoms with E-state index in [0.29, 0.717) is 12.4 Å². The molecule has 0 amide bonds. The Balaban J connectivity index is 1.24. The van der Waals surface area contributed by atoms with Gasteiger partial charge in [0, 0.05) is 37.0 Å². The number of aromatic nitrogens is 1. The molecule has 5 rings (SSSR count). The molecule has 2 aliphatic heterocycles. The summed E-state index contributed by atoms with van der Waals surface area (Å²) >= 11 is 0. The molecule has 0 radical (unpaired) electrons. The number of benzene rings is 2. The van der Waals surface area contributed by atoms with Gasteiger partial charge in [0.15, 0.2) is 0 Å². The first kappa shape index (κ1) is 27.2. The van der Waals surface area contributed by atoms with E-state index in [9.17, 15) is 18.3 Å². The molecule has 2 aromatic carbocycles. The van der Waals surface area contributed by atoms with Crippen molar-refractivity contribution in [3.63, 3.8) is 0 Å². The van der Waals surface area contributed by atoms with Gasteiger partial charge in [0.2, 0.25) is 0 Å². The molecule has 0 atom stereocenters. The predicted molar refractivity (Wildman–Crippen MR) is 143 cm³/mol. The molecule has 1 saturated heterocycles. The Labute approximate surface area is 226 Å². The summed E-state index contributed by atoms with van der Waals surface area (Å²) in [5.74, 6) is 1.24. The molecule has 0 aliphatic carbocycles. The van der Waals surface area contributed by atoms with Gasteiger partial charge in [0.05, 0.1) is 16.9 Å². The fourth-order valence-corrected chi connectivity index (χ4v) is 5.11. The van der Waals surface area contributed by atoms with Crippen LogP contribution in [0, 0.1) is 0 Å². The van der Waals surface area contributed by atoms with Gasteiger partial charge in [-0.1, -0.05) is 18.2 Å². The fraction of sp³-hybridized carbons (Fsp3) is 0.387. The lowest BCUT2D eigenvalue weighted by molar-refractivity contribution is -0.137. The summed E-state index contributed by atoms with van der Waals surface area (Å²) in [6.45, 7) is 6.51. The number of alkyl halides is 3. The smallest absolute Gasteiger partial charge is 0.416 e. The van der Waals surface area contributed by atoms with Gasteiger partial charge in [-0.2, -0.15) is 13.2 Å². The number of rotatable bonds is 6. The third-order valence-electron chi connectivity index (χ3n) is 7.33. The maximum absolute atomic E-state index is 12.8. The van der Waals surface area contributed by atoms with Gasteiger partial charge in [-0.05, 0) is 86.7 Å². The van der Waals surface area contributed by atoms with E-state index < -0.39 is 17.3 Å². The molecule has 0 bridgehead atoms. The van der Waals surface area contributed by atoms with Crippen LogP contribution >= 0.6 is 0 Å². The number of hydrogen-bond acceptors (Lipinski definition) is 5. The van der Waals surface area contributed by atoms with Crippen molar-refractivity contribution in [3.05, 3.63) is 94.8 Å². The second kappa shape index (κ2) is 11.0. The molecule has 1 aromatic heterocycles. The predicted octanol–water partition coefficient (Wildman–Crippen LogP) is 6.59. The molecule has 8 heteroatoms. The van der Waals surface area contributed by atoms with Gasteiger partial charge in [0.1, 0.15) is 24.2 Å². The molecule has 39 heavy (non-hydrogen) atoms. The monoisotopic (exact) mass is 538 g/mol. The molecule has 206 valence electrons. The second-order valence-electron chi connectivity index (χ2n) is 10.6. The molecule has 3 aromatic rings. The number of pyridine rings is 1. The first-order valence-corrected chi connectivity index (χ1v) is 13.3. The maximum atomic E-state index is 12.8. The van der Waals surface area contributed by atoms with E-state index in [1.165, 1.54) is 12.1 Å². The number of halogens is 3. The minimum atomic E-state index is -4.35. The number of likely N-dealkylation sites (tertiary alicyclic amines) is 1. The molecular weight excluding hydrogens is 505 g/mol. The number of ether oxygens (including phenoxy) is 2. The number of piperidine rings is 1. The average molecular weight is 539 g/mol. The van der Waals surface area contributed by atoms with Crippen LogP contribution < -0.4 is 9.47 Å². The van der Waals surface area contributed by atoms with Crippen LogP contribution in [0.2, 0.25) is 0 Å². The summed E-state index contributed by atoms with van der Waals surface area (Å²) in [6, 6.07) is 14.7. The van der Waals surface area contributed by atoms with E-state index in [1.54, 1.807) is 20.0 Å². The fourth-order valence-electron chi connectivity index (χ4n) is 5.11. The van der Waals surface area contributed by atoms with Crippen LogP contribution in [0.4, 0.5) is 13.2 Å². The van der Waals surface area contributed by atoms with Crippen molar-refractivity contribution in [3.8, 4) is 11.5 Å². The van der Waals surface area contributed by atoms with E-state index in [-0.39, 0.29) is 6.10 Å². The highest BCUT2D eigenvalue weighted by Gasteiger charge is 2.30. The zero-order valence-electron chi connectivity index (χ0n) is 22.2. The van der Waals surface area contributed by atoms with Crippen molar-refractivity contribution in [2.24, 2.45) is 0 Å². The van der Waals surface area contributed by atoms with Gasteiger partial charge in [-0.25, -0.2) is 0 Å². The first-order chi connectivity index (χ1) is 18.6. The normalized spacial score (nSPS) is 17.7. The van der Waals surface area contributed by atoms with Gasteiger partial charge in [-0.3, -0.25) is 4.98 Å². The van der Waals surface area contributed by atoms with Crippen LogP contribution in [-0.4, -0.2) is 40.7 Å². The van der Waals surface area contributed by atoms with Gasteiger partial charge in [0.25, 0.3) is 0 Å². The average Bonchev–Trinajstić information content (AvgIpc) is 3.06. The lowest BCUT2D eigenvalue weighted by atomic mass is 9.90. The topological polar surface area (TPSA) is 54.8 Å². The molecule has 2 aliphatic rings. The van der Waals surface area contributed by atoms with Crippen LogP contribution in [0.1, 0.15) is 61.1 Å². The number of fused-ring (bicyclic) bond motifs is 2.